The summed E-state index contributed by atoms with van der Waals surface area (Å²) in [6.07, 6.45) is 2.71. The van der Waals surface area contributed by atoms with Gasteiger partial charge in [-0.1, -0.05) is 0 Å². The van der Waals surface area contributed by atoms with Crippen LogP contribution in [0.2, 0.25) is 0 Å². The molecule has 2 heterocycles. The van der Waals surface area contributed by atoms with Crippen molar-refractivity contribution in [3.63, 3.8) is 0 Å². The zero-order valence-electron chi connectivity index (χ0n) is 16.6. The summed E-state index contributed by atoms with van der Waals surface area (Å²) < 4.78 is 85.0. The summed E-state index contributed by atoms with van der Waals surface area (Å²) in [7, 11) is -5.96. The van der Waals surface area contributed by atoms with Gasteiger partial charge in [0.25, 0.3) is 0 Å². The molecule has 0 aliphatic carbocycles. The molecule has 0 aliphatic rings. The Morgan fingerprint density at radius 3 is 2.66 bits per heavy atom. The molecule has 1 N–H and O–H groups in total. The van der Waals surface area contributed by atoms with Crippen LogP contribution >= 0.6 is 0 Å². The van der Waals surface area contributed by atoms with Crippen LogP contribution in [0.1, 0.15) is 35.8 Å². The summed E-state index contributed by atoms with van der Waals surface area (Å²) >= 11 is 0. The van der Waals surface area contributed by atoms with Gasteiger partial charge in [0.15, 0.2) is 5.65 Å². The second-order valence-electron chi connectivity index (χ2n) is 6.39. The van der Waals surface area contributed by atoms with Crippen molar-refractivity contribution in [2.75, 3.05) is 11.9 Å². The highest BCUT2D eigenvalue weighted by molar-refractivity contribution is 7.88. The minimum atomic E-state index is -5.96. The number of benzene rings is 1. The van der Waals surface area contributed by atoms with E-state index < -0.39 is 39.2 Å². The predicted molar refractivity (Wildman–Crippen MR) is 103 cm³/mol. The monoisotopic (exact) mass is 476 g/mol. The topological polar surface area (TPSA) is 112 Å². The Hall–Kier alpha value is -3.42. The average molecular weight is 476 g/mol. The SMILES string of the molecule is CCOC(=O)c1cnn2ccc(N[C@H](C)c3cc(F)ccc3OS(=O)(=O)C(F)(F)F)nc12. The Bertz CT molecular complexity index is 1260. The van der Waals surface area contributed by atoms with Crippen molar-refractivity contribution in [1.29, 1.82) is 0 Å². The van der Waals surface area contributed by atoms with Crippen molar-refractivity contribution in [2.45, 2.75) is 25.4 Å². The van der Waals surface area contributed by atoms with Crippen molar-refractivity contribution in [2.24, 2.45) is 0 Å². The van der Waals surface area contributed by atoms with Crippen LogP contribution in [-0.4, -0.2) is 41.1 Å². The van der Waals surface area contributed by atoms with E-state index in [1.54, 1.807) is 6.92 Å². The second kappa shape index (κ2) is 8.61. The second-order valence-corrected chi connectivity index (χ2v) is 7.93. The Morgan fingerprint density at radius 1 is 1.28 bits per heavy atom. The predicted octanol–water partition coefficient (Wildman–Crippen LogP) is 3.45. The Balaban J connectivity index is 1.93. The lowest BCUT2D eigenvalue weighted by Gasteiger charge is -2.19. The third kappa shape index (κ3) is 4.74. The van der Waals surface area contributed by atoms with E-state index in [1.165, 1.54) is 29.9 Å². The summed E-state index contributed by atoms with van der Waals surface area (Å²) in [5.41, 5.74) is -5.66. The molecule has 0 fully saturated rings. The Morgan fingerprint density at radius 2 is 2.00 bits per heavy atom. The first-order chi connectivity index (χ1) is 14.9. The largest absolute Gasteiger partial charge is 0.534 e. The average Bonchev–Trinajstić information content (AvgIpc) is 3.12. The fraction of sp³-hybridized carbons (Fsp3) is 0.278. The maximum Gasteiger partial charge on any atom is 0.534 e. The van der Waals surface area contributed by atoms with E-state index in [4.69, 9.17) is 4.74 Å². The number of nitrogens with zero attached hydrogens (tertiary/aromatic N) is 3. The molecule has 0 saturated heterocycles. The van der Waals surface area contributed by atoms with Gasteiger partial charge in [0, 0.05) is 11.8 Å². The molecular formula is C18H16F4N4O5S. The lowest BCUT2D eigenvalue weighted by molar-refractivity contribution is -0.0500. The van der Waals surface area contributed by atoms with Crippen molar-refractivity contribution in [3.05, 3.63) is 53.6 Å². The number of ether oxygens (including phenoxy) is 1. The van der Waals surface area contributed by atoms with Crippen molar-refractivity contribution < 1.29 is 39.7 Å². The van der Waals surface area contributed by atoms with E-state index in [9.17, 15) is 30.8 Å². The molecule has 1 aromatic carbocycles. The number of alkyl halides is 3. The van der Waals surface area contributed by atoms with Crippen LogP contribution in [0.4, 0.5) is 23.4 Å². The number of carbonyl (C=O) groups excluding carboxylic acids is 1. The number of anilines is 1. The Kier molecular flexibility index (Phi) is 6.25. The highest BCUT2D eigenvalue weighted by Crippen LogP contribution is 2.33. The van der Waals surface area contributed by atoms with Crippen LogP contribution < -0.4 is 9.50 Å². The summed E-state index contributed by atoms with van der Waals surface area (Å²) in [6, 6.07) is 2.86. The van der Waals surface area contributed by atoms with E-state index in [-0.39, 0.29) is 29.2 Å². The highest BCUT2D eigenvalue weighted by atomic mass is 32.2. The molecule has 9 nitrogen and oxygen atoms in total. The third-order valence-corrected chi connectivity index (χ3v) is 5.12. The van der Waals surface area contributed by atoms with Gasteiger partial charge in [-0.15, -0.1) is 0 Å². The van der Waals surface area contributed by atoms with Crippen LogP contribution in [-0.2, 0) is 14.9 Å². The quantitative estimate of drug-likeness (QED) is 0.239. The van der Waals surface area contributed by atoms with Crippen molar-refractivity contribution in [3.8, 4) is 5.75 Å². The van der Waals surface area contributed by atoms with Gasteiger partial charge in [-0.05, 0) is 38.1 Å². The van der Waals surface area contributed by atoms with Crippen LogP contribution in [0.3, 0.4) is 0 Å². The summed E-state index contributed by atoms with van der Waals surface area (Å²) in [5, 5.41) is 6.78. The van der Waals surface area contributed by atoms with Crippen LogP contribution in [0.25, 0.3) is 5.65 Å². The van der Waals surface area contributed by atoms with Gasteiger partial charge in [0.05, 0.1) is 18.8 Å². The number of esters is 1. The van der Waals surface area contributed by atoms with E-state index in [2.05, 4.69) is 19.6 Å². The van der Waals surface area contributed by atoms with Gasteiger partial charge in [-0.2, -0.15) is 26.7 Å². The number of fused-ring (bicyclic) bond motifs is 1. The molecule has 0 bridgehead atoms. The standard InChI is InChI=1S/C18H16F4N4O5S/c1-3-30-17(27)13-9-23-26-7-6-15(25-16(13)26)24-10(2)12-8-11(19)4-5-14(12)31-32(28,29)18(20,21)22/h4-10H,3H2,1-2H3,(H,24,25)/t10-/m1/s1. The number of hydrogen-bond acceptors (Lipinski definition) is 8. The first kappa shape index (κ1) is 23.2. The molecule has 172 valence electrons. The third-order valence-electron chi connectivity index (χ3n) is 4.15. The summed E-state index contributed by atoms with van der Waals surface area (Å²) in [4.78, 5) is 16.3. The van der Waals surface area contributed by atoms with Gasteiger partial charge in [-0.25, -0.2) is 18.7 Å². The van der Waals surface area contributed by atoms with Gasteiger partial charge in [0.1, 0.15) is 22.9 Å². The van der Waals surface area contributed by atoms with Gasteiger partial charge in [0.2, 0.25) is 0 Å². The minimum absolute atomic E-state index is 0.0780. The molecule has 2 aromatic heterocycles. The molecule has 0 aliphatic heterocycles. The molecule has 32 heavy (non-hydrogen) atoms. The zero-order valence-corrected chi connectivity index (χ0v) is 17.4. The fourth-order valence-electron chi connectivity index (χ4n) is 2.70. The van der Waals surface area contributed by atoms with E-state index in [0.29, 0.717) is 0 Å². The van der Waals surface area contributed by atoms with Crippen molar-refractivity contribution >= 4 is 27.6 Å². The van der Waals surface area contributed by atoms with Crippen LogP contribution in [0.15, 0.2) is 36.7 Å². The van der Waals surface area contributed by atoms with E-state index >= 15 is 0 Å². The lowest BCUT2D eigenvalue weighted by atomic mass is 10.1. The molecule has 3 aromatic rings. The smallest absolute Gasteiger partial charge is 0.462 e. The normalized spacial score (nSPS) is 13.1. The number of rotatable bonds is 7. The minimum Gasteiger partial charge on any atom is -0.462 e. The molecule has 0 spiro atoms. The molecule has 3 rings (SSSR count). The molecule has 0 radical (unpaired) electrons. The van der Waals surface area contributed by atoms with Gasteiger partial charge in [-0.3, -0.25) is 0 Å². The maximum atomic E-state index is 13.8. The molecule has 1 atom stereocenters. The molecule has 14 heteroatoms. The molecule has 0 unspecified atom stereocenters. The zero-order chi connectivity index (χ0) is 23.7. The van der Waals surface area contributed by atoms with Crippen molar-refractivity contribution in [1.82, 2.24) is 14.6 Å². The number of hydrogen-bond donors (Lipinski definition) is 1. The fourth-order valence-corrected chi connectivity index (χ4v) is 3.18. The number of halogens is 4. The summed E-state index contributed by atoms with van der Waals surface area (Å²) in [6.45, 7) is 3.19. The van der Waals surface area contributed by atoms with Crippen LogP contribution in [0.5, 0.6) is 5.75 Å². The number of nitrogens with one attached hydrogen (secondary N) is 1. The molecular weight excluding hydrogens is 460 g/mol. The lowest BCUT2D eigenvalue weighted by Crippen LogP contribution is -2.28. The van der Waals surface area contributed by atoms with Gasteiger partial charge >= 0.3 is 21.6 Å². The Labute approximate surface area is 179 Å². The maximum absolute atomic E-state index is 13.8. The van der Waals surface area contributed by atoms with E-state index in [0.717, 1.165) is 18.2 Å². The highest BCUT2D eigenvalue weighted by Gasteiger charge is 2.48. The van der Waals surface area contributed by atoms with E-state index in [1.807, 2.05) is 0 Å². The number of carbonyl (C=O) groups is 1. The number of aromatic nitrogens is 3. The molecule has 0 saturated carbocycles. The van der Waals surface area contributed by atoms with Gasteiger partial charge < -0.3 is 14.2 Å². The first-order valence-electron chi connectivity index (χ1n) is 9.01. The van der Waals surface area contributed by atoms with Crippen LogP contribution in [0, 0.1) is 5.82 Å². The summed E-state index contributed by atoms with van der Waals surface area (Å²) in [5.74, 6) is -2.04. The molecule has 0 amide bonds. The first-order valence-corrected chi connectivity index (χ1v) is 10.4.